The number of halogens is 1. The number of aromatic carboxylic acids is 1. The van der Waals surface area contributed by atoms with Gasteiger partial charge >= 0.3 is 5.97 Å². The quantitative estimate of drug-likeness (QED) is 0.852. The van der Waals surface area contributed by atoms with E-state index >= 15 is 0 Å². The van der Waals surface area contributed by atoms with Crippen LogP contribution in [-0.4, -0.2) is 26.4 Å². The number of rotatable bonds is 4. The number of benzene rings is 1. The maximum absolute atomic E-state index is 10.6. The van der Waals surface area contributed by atoms with Crippen LogP contribution in [-0.2, 0) is 7.05 Å². The third kappa shape index (κ3) is 5.44. The molecule has 0 aliphatic carbocycles. The number of aromatic nitrogens is 2. The van der Waals surface area contributed by atoms with E-state index in [2.05, 4.69) is 11.9 Å². The predicted octanol–water partition coefficient (Wildman–Crippen LogP) is 4.27. The van der Waals surface area contributed by atoms with Gasteiger partial charge < -0.3 is 9.67 Å². The third-order valence-electron chi connectivity index (χ3n) is 2.68. The second-order valence-corrected chi connectivity index (χ2v) is 5.86. The van der Waals surface area contributed by atoms with Gasteiger partial charge in [-0.3, -0.25) is 0 Å². The smallest absolute Gasteiger partial charge is 0.354 e. The molecule has 0 aliphatic heterocycles. The summed E-state index contributed by atoms with van der Waals surface area (Å²) in [7, 11) is 1.72. The Morgan fingerprint density at radius 2 is 2.10 bits per heavy atom. The molecule has 0 saturated carbocycles. The van der Waals surface area contributed by atoms with E-state index in [-0.39, 0.29) is 5.69 Å². The summed E-state index contributed by atoms with van der Waals surface area (Å²) >= 11 is 7.28. The molecule has 0 spiro atoms. The summed E-state index contributed by atoms with van der Waals surface area (Å²) in [5, 5.41) is 10.3. The van der Waals surface area contributed by atoms with Crippen LogP contribution in [0.5, 0.6) is 0 Å². The van der Waals surface area contributed by atoms with Crippen LogP contribution in [0, 0.1) is 6.92 Å². The lowest BCUT2D eigenvalue weighted by Gasteiger charge is -2.00. The highest BCUT2D eigenvalue weighted by Crippen LogP contribution is 2.17. The molecule has 2 rings (SSSR count). The van der Waals surface area contributed by atoms with Crippen LogP contribution in [0.1, 0.15) is 29.4 Å². The van der Waals surface area contributed by atoms with Gasteiger partial charge in [-0.2, -0.15) is 0 Å². The molecule has 0 fully saturated rings. The normalized spacial score (nSPS) is 9.90. The molecule has 0 aliphatic rings. The Kier molecular flexibility index (Phi) is 7.32. The van der Waals surface area contributed by atoms with E-state index in [1.165, 1.54) is 6.20 Å². The molecule has 4 nitrogen and oxygen atoms in total. The van der Waals surface area contributed by atoms with Crippen molar-refractivity contribution in [2.45, 2.75) is 25.4 Å². The van der Waals surface area contributed by atoms with E-state index in [1.807, 2.05) is 31.2 Å². The molecule has 6 heteroatoms. The van der Waals surface area contributed by atoms with Crippen LogP contribution in [0.25, 0.3) is 0 Å². The monoisotopic (exact) mass is 326 g/mol. The molecule has 0 bridgehead atoms. The lowest BCUT2D eigenvalue weighted by molar-refractivity contribution is 0.0685. The first kappa shape index (κ1) is 17.6. The molecule has 0 amide bonds. The van der Waals surface area contributed by atoms with Gasteiger partial charge in [0.05, 0.1) is 6.20 Å². The Balaban J connectivity index is 0.000000235. The fraction of sp³-hybridized carbons (Fsp3) is 0.333. The molecule has 21 heavy (non-hydrogen) atoms. The zero-order valence-corrected chi connectivity index (χ0v) is 13.9. The van der Waals surface area contributed by atoms with E-state index in [0.717, 1.165) is 27.9 Å². The van der Waals surface area contributed by atoms with Crippen molar-refractivity contribution in [1.29, 1.82) is 0 Å². The van der Waals surface area contributed by atoms with Gasteiger partial charge in [0, 0.05) is 17.8 Å². The number of imidazole rings is 1. The first-order chi connectivity index (χ1) is 9.97. The van der Waals surface area contributed by atoms with E-state index in [0.29, 0.717) is 0 Å². The van der Waals surface area contributed by atoms with Crippen molar-refractivity contribution in [2.75, 3.05) is 5.75 Å². The highest BCUT2D eigenvalue weighted by molar-refractivity contribution is 7.99. The van der Waals surface area contributed by atoms with Crippen LogP contribution in [0.3, 0.4) is 0 Å². The number of carboxylic acid groups (broad SMARTS) is 1. The van der Waals surface area contributed by atoms with Gasteiger partial charge in [-0.25, -0.2) is 9.78 Å². The van der Waals surface area contributed by atoms with E-state index in [9.17, 15) is 4.79 Å². The van der Waals surface area contributed by atoms with Crippen LogP contribution < -0.4 is 0 Å². The molecule has 0 saturated heterocycles. The lowest BCUT2D eigenvalue weighted by atomic mass is 10.2. The van der Waals surface area contributed by atoms with Gasteiger partial charge in [-0.1, -0.05) is 48.5 Å². The van der Waals surface area contributed by atoms with Crippen LogP contribution >= 0.6 is 23.4 Å². The van der Waals surface area contributed by atoms with Gasteiger partial charge in [0.1, 0.15) is 5.69 Å². The van der Waals surface area contributed by atoms with Gasteiger partial charge in [0.25, 0.3) is 0 Å². The maximum atomic E-state index is 10.6. The summed E-state index contributed by atoms with van der Waals surface area (Å²) in [6.07, 6.45) is 2.44. The average Bonchev–Trinajstić information content (AvgIpc) is 2.82. The zero-order valence-electron chi connectivity index (χ0n) is 12.3. The molecular weight excluding hydrogens is 308 g/mol. The van der Waals surface area contributed by atoms with Crippen LogP contribution in [0.4, 0.5) is 0 Å². The molecular formula is C15H19ClN2O2S. The molecule has 1 aromatic heterocycles. The Hall–Kier alpha value is -1.46. The second kappa shape index (κ2) is 8.74. The summed E-state index contributed by atoms with van der Waals surface area (Å²) in [6.45, 7) is 4.07. The first-order valence-corrected chi connectivity index (χ1v) is 7.92. The van der Waals surface area contributed by atoms with Gasteiger partial charge in [-0.05, 0) is 25.0 Å². The summed E-state index contributed by atoms with van der Waals surface area (Å²) in [6, 6.07) is 7.77. The fourth-order valence-corrected chi connectivity index (χ4v) is 2.41. The van der Waals surface area contributed by atoms with Crippen molar-refractivity contribution in [3.63, 3.8) is 0 Å². The van der Waals surface area contributed by atoms with Gasteiger partial charge in [-0.15, -0.1) is 0 Å². The predicted molar refractivity (Wildman–Crippen MR) is 87.4 cm³/mol. The Labute approximate surface area is 134 Å². The number of thioether (sulfide) groups is 1. The minimum Gasteiger partial charge on any atom is -0.477 e. The molecule has 1 aromatic carbocycles. The van der Waals surface area contributed by atoms with Crippen molar-refractivity contribution in [3.8, 4) is 0 Å². The first-order valence-electron chi connectivity index (χ1n) is 6.56. The topological polar surface area (TPSA) is 55.1 Å². The van der Waals surface area contributed by atoms with E-state index in [4.69, 9.17) is 16.7 Å². The highest BCUT2D eigenvalue weighted by Gasteiger charge is 2.11. The minimum atomic E-state index is -0.932. The highest BCUT2D eigenvalue weighted by atomic mass is 35.5. The number of nitrogens with zero attached hydrogens (tertiary/aromatic N) is 2. The molecule has 0 unspecified atom stereocenters. The van der Waals surface area contributed by atoms with Crippen molar-refractivity contribution in [2.24, 2.45) is 7.05 Å². The molecule has 1 heterocycles. The van der Waals surface area contributed by atoms with Crippen molar-refractivity contribution < 1.29 is 9.90 Å². The summed E-state index contributed by atoms with van der Waals surface area (Å²) in [5.41, 5.74) is 1.37. The van der Waals surface area contributed by atoms with Gasteiger partial charge in [0.2, 0.25) is 0 Å². The molecule has 0 atom stereocenters. The average molecular weight is 327 g/mol. The Morgan fingerprint density at radius 3 is 2.52 bits per heavy atom. The standard InChI is InChI=1S/C8H12N2O2S.C7H7Cl/c1-3-4-13-8-9-5-6(7(11)12)10(8)2;1-6-4-2-3-5-7(6)8/h5H,3-4H2,1-2H3,(H,11,12);2-5H,1H3. The zero-order chi connectivity index (χ0) is 15.8. The molecule has 1 N–H and O–H groups in total. The summed E-state index contributed by atoms with van der Waals surface area (Å²) < 4.78 is 1.60. The molecule has 2 aromatic rings. The Morgan fingerprint density at radius 1 is 1.43 bits per heavy atom. The van der Waals surface area contributed by atoms with E-state index in [1.54, 1.807) is 23.4 Å². The number of carboxylic acids is 1. The van der Waals surface area contributed by atoms with Gasteiger partial charge in [0.15, 0.2) is 5.16 Å². The number of hydrogen-bond acceptors (Lipinski definition) is 3. The van der Waals surface area contributed by atoms with Crippen molar-refractivity contribution in [1.82, 2.24) is 9.55 Å². The van der Waals surface area contributed by atoms with E-state index < -0.39 is 5.97 Å². The maximum Gasteiger partial charge on any atom is 0.354 e. The fourth-order valence-electron chi connectivity index (χ4n) is 1.47. The molecule has 114 valence electrons. The van der Waals surface area contributed by atoms with Crippen molar-refractivity contribution in [3.05, 3.63) is 46.7 Å². The SMILES string of the molecule is CCCSc1ncc(C(=O)O)n1C.Cc1ccccc1Cl. The number of aryl methyl sites for hydroxylation is 1. The number of carbonyl (C=O) groups is 1. The lowest BCUT2D eigenvalue weighted by Crippen LogP contribution is -2.04. The third-order valence-corrected chi connectivity index (χ3v) is 4.35. The second-order valence-electron chi connectivity index (χ2n) is 4.39. The molecule has 0 radical (unpaired) electrons. The van der Waals surface area contributed by atoms with Crippen LogP contribution in [0.15, 0.2) is 35.6 Å². The number of hydrogen-bond donors (Lipinski definition) is 1. The Bertz CT molecular complexity index is 578. The van der Waals surface area contributed by atoms with Crippen LogP contribution in [0.2, 0.25) is 5.02 Å². The summed E-state index contributed by atoms with van der Waals surface area (Å²) in [5.74, 6) is 0.0301. The minimum absolute atomic E-state index is 0.235. The summed E-state index contributed by atoms with van der Waals surface area (Å²) in [4.78, 5) is 14.7. The van der Waals surface area contributed by atoms with Crippen molar-refractivity contribution >= 4 is 29.3 Å². The largest absolute Gasteiger partial charge is 0.477 e.